The molecule has 2 aromatic carbocycles. The van der Waals surface area contributed by atoms with Crippen molar-refractivity contribution in [1.29, 1.82) is 0 Å². The number of aryl methyl sites for hydroxylation is 1. The highest BCUT2D eigenvalue weighted by molar-refractivity contribution is 8.00. The van der Waals surface area contributed by atoms with E-state index < -0.39 is 5.25 Å². The maximum Gasteiger partial charge on any atom is 0.237 e. The number of thioether (sulfide) groups is 1. The summed E-state index contributed by atoms with van der Waals surface area (Å²) in [6.45, 7) is 6.87. The van der Waals surface area contributed by atoms with Gasteiger partial charge in [-0.3, -0.25) is 9.36 Å². The van der Waals surface area contributed by atoms with Crippen LogP contribution in [0.15, 0.2) is 53.7 Å². The third-order valence-electron chi connectivity index (χ3n) is 5.27. The Balaban J connectivity index is 1.53. The van der Waals surface area contributed by atoms with E-state index in [2.05, 4.69) is 32.5 Å². The lowest BCUT2D eigenvalue weighted by atomic mass is 10.2. The molecule has 7 nitrogen and oxygen atoms in total. The number of halogens is 1. The van der Waals surface area contributed by atoms with Gasteiger partial charge in [0.2, 0.25) is 11.9 Å². The quantitative estimate of drug-likeness (QED) is 0.548. The van der Waals surface area contributed by atoms with Crippen LogP contribution in [0.5, 0.6) is 0 Å². The van der Waals surface area contributed by atoms with Gasteiger partial charge < -0.3 is 15.0 Å². The average molecular weight is 456 g/mol. The Morgan fingerprint density at radius 2 is 1.94 bits per heavy atom. The van der Waals surface area contributed by atoms with Crippen LogP contribution in [0.2, 0.25) is 0 Å². The number of nitrogens with zero attached hydrogens (tertiary/aromatic N) is 4. The van der Waals surface area contributed by atoms with Gasteiger partial charge in [-0.1, -0.05) is 48.2 Å². The number of morpholine rings is 1. The summed E-state index contributed by atoms with van der Waals surface area (Å²) < 4.78 is 21.3. The summed E-state index contributed by atoms with van der Waals surface area (Å²) in [5.74, 6) is 0.203. The van der Waals surface area contributed by atoms with E-state index in [-0.39, 0.29) is 11.7 Å². The Labute approximate surface area is 191 Å². The highest BCUT2D eigenvalue weighted by Gasteiger charge is 2.24. The van der Waals surface area contributed by atoms with Crippen molar-refractivity contribution in [2.24, 2.45) is 0 Å². The summed E-state index contributed by atoms with van der Waals surface area (Å²) in [6, 6.07) is 14.8. The van der Waals surface area contributed by atoms with Gasteiger partial charge in [0.05, 0.1) is 25.0 Å². The molecular formula is C23H26FN5O2S. The predicted molar refractivity (Wildman–Crippen MR) is 124 cm³/mol. The molecule has 0 aliphatic carbocycles. The van der Waals surface area contributed by atoms with Crippen LogP contribution in [0, 0.1) is 12.7 Å². The maximum absolute atomic E-state index is 13.8. The topological polar surface area (TPSA) is 72.3 Å². The van der Waals surface area contributed by atoms with E-state index in [1.54, 1.807) is 26.0 Å². The highest BCUT2D eigenvalue weighted by Crippen LogP contribution is 2.28. The lowest BCUT2D eigenvalue weighted by Crippen LogP contribution is -2.38. The molecule has 32 heavy (non-hydrogen) atoms. The van der Waals surface area contributed by atoms with Crippen LogP contribution in [0.4, 0.5) is 16.0 Å². The SMILES string of the molecule is Cc1ccc(NC(=O)C(C)Sc2nnc(N3CCOCC3)n2Cc2ccccc2)cc1F. The van der Waals surface area contributed by atoms with Gasteiger partial charge in [-0.15, -0.1) is 10.2 Å². The summed E-state index contributed by atoms with van der Waals surface area (Å²) in [4.78, 5) is 14.9. The lowest BCUT2D eigenvalue weighted by molar-refractivity contribution is -0.115. The molecule has 1 fully saturated rings. The van der Waals surface area contributed by atoms with Crippen LogP contribution >= 0.6 is 11.8 Å². The van der Waals surface area contributed by atoms with E-state index in [0.29, 0.717) is 36.2 Å². The van der Waals surface area contributed by atoms with Gasteiger partial charge in [0.15, 0.2) is 5.16 Å². The fourth-order valence-electron chi connectivity index (χ4n) is 3.40. The largest absolute Gasteiger partial charge is 0.378 e. The summed E-state index contributed by atoms with van der Waals surface area (Å²) in [7, 11) is 0. The molecule has 0 spiro atoms. The standard InChI is InChI=1S/C23H26FN5O2S/c1-16-8-9-19(14-20(16)24)25-21(30)17(2)32-23-27-26-22(28-10-12-31-13-11-28)29(23)15-18-6-4-3-5-7-18/h3-9,14,17H,10-13,15H2,1-2H3,(H,25,30). The third-order valence-corrected chi connectivity index (χ3v) is 6.35. The van der Waals surface area contributed by atoms with E-state index in [0.717, 1.165) is 24.6 Å². The molecule has 9 heteroatoms. The molecule has 1 amide bonds. The first-order valence-corrected chi connectivity index (χ1v) is 11.4. The fraction of sp³-hybridized carbons (Fsp3) is 0.348. The number of hydrogen-bond donors (Lipinski definition) is 1. The van der Waals surface area contributed by atoms with E-state index >= 15 is 0 Å². The van der Waals surface area contributed by atoms with Crippen molar-refractivity contribution in [3.8, 4) is 0 Å². The Morgan fingerprint density at radius 1 is 1.19 bits per heavy atom. The molecule has 0 saturated carbocycles. The Hall–Kier alpha value is -2.91. The van der Waals surface area contributed by atoms with Gasteiger partial charge in [-0.05, 0) is 37.1 Å². The van der Waals surface area contributed by atoms with E-state index in [1.807, 2.05) is 22.8 Å². The molecule has 0 radical (unpaired) electrons. The lowest BCUT2D eigenvalue weighted by Gasteiger charge is -2.28. The molecule has 1 saturated heterocycles. The summed E-state index contributed by atoms with van der Waals surface area (Å²) >= 11 is 1.33. The average Bonchev–Trinajstić information content (AvgIpc) is 3.19. The summed E-state index contributed by atoms with van der Waals surface area (Å²) in [6.07, 6.45) is 0. The normalized spacial score (nSPS) is 14.9. The number of benzene rings is 2. The van der Waals surface area contributed by atoms with Crippen LogP contribution in [0.3, 0.4) is 0 Å². The van der Waals surface area contributed by atoms with Crippen LogP contribution in [-0.4, -0.2) is 52.2 Å². The summed E-state index contributed by atoms with van der Waals surface area (Å²) in [5, 5.41) is 11.8. The smallest absolute Gasteiger partial charge is 0.237 e. The van der Waals surface area contributed by atoms with Crippen LogP contribution < -0.4 is 10.2 Å². The molecule has 3 aromatic rings. The van der Waals surface area contributed by atoms with Crippen molar-refractivity contribution in [2.75, 3.05) is 36.5 Å². The number of hydrogen-bond acceptors (Lipinski definition) is 6. The van der Waals surface area contributed by atoms with Crippen molar-refractivity contribution in [2.45, 2.75) is 30.8 Å². The monoisotopic (exact) mass is 455 g/mol. The van der Waals surface area contributed by atoms with Crippen LogP contribution in [-0.2, 0) is 16.1 Å². The maximum atomic E-state index is 13.8. The molecule has 1 N–H and O–H groups in total. The third kappa shape index (κ3) is 5.28. The Morgan fingerprint density at radius 3 is 2.66 bits per heavy atom. The minimum Gasteiger partial charge on any atom is -0.378 e. The van der Waals surface area contributed by atoms with Crippen molar-refractivity contribution >= 4 is 29.3 Å². The van der Waals surface area contributed by atoms with Crippen molar-refractivity contribution in [3.63, 3.8) is 0 Å². The van der Waals surface area contributed by atoms with Gasteiger partial charge in [0, 0.05) is 18.8 Å². The molecule has 0 bridgehead atoms. The molecule has 1 aliphatic rings. The van der Waals surface area contributed by atoms with Crippen molar-refractivity contribution < 1.29 is 13.9 Å². The minimum absolute atomic E-state index is 0.222. The second-order valence-corrected chi connectivity index (χ2v) is 8.97. The molecule has 2 heterocycles. The number of rotatable bonds is 7. The molecule has 1 aromatic heterocycles. The molecule has 168 valence electrons. The summed E-state index contributed by atoms with van der Waals surface area (Å²) in [5.41, 5.74) is 2.09. The number of carbonyl (C=O) groups is 1. The first-order valence-electron chi connectivity index (χ1n) is 10.5. The Bertz CT molecular complexity index is 1070. The van der Waals surface area contributed by atoms with E-state index in [4.69, 9.17) is 4.74 Å². The number of anilines is 2. The van der Waals surface area contributed by atoms with E-state index in [9.17, 15) is 9.18 Å². The minimum atomic E-state index is -0.448. The zero-order chi connectivity index (χ0) is 22.5. The van der Waals surface area contributed by atoms with Gasteiger partial charge in [-0.2, -0.15) is 0 Å². The van der Waals surface area contributed by atoms with Crippen molar-refractivity contribution in [3.05, 3.63) is 65.5 Å². The molecule has 1 aliphatic heterocycles. The molecule has 1 atom stereocenters. The second kappa shape index (κ2) is 10.1. The molecule has 1 unspecified atom stereocenters. The van der Waals surface area contributed by atoms with Crippen LogP contribution in [0.1, 0.15) is 18.1 Å². The predicted octanol–water partition coefficient (Wildman–Crippen LogP) is 3.73. The number of ether oxygens (including phenoxy) is 1. The highest BCUT2D eigenvalue weighted by atomic mass is 32.2. The van der Waals surface area contributed by atoms with Gasteiger partial charge in [0.1, 0.15) is 5.82 Å². The first kappa shape index (κ1) is 22.3. The fourth-order valence-corrected chi connectivity index (χ4v) is 4.24. The van der Waals surface area contributed by atoms with Gasteiger partial charge in [-0.25, -0.2) is 4.39 Å². The zero-order valence-electron chi connectivity index (χ0n) is 18.1. The van der Waals surface area contributed by atoms with Gasteiger partial charge in [0.25, 0.3) is 0 Å². The van der Waals surface area contributed by atoms with Crippen molar-refractivity contribution in [1.82, 2.24) is 14.8 Å². The first-order chi connectivity index (χ1) is 15.5. The Kier molecular flexibility index (Phi) is 7.06. The van der Waals surface area contributed by atoms with Crippen LogP contribution in [0.25, 0.3) is 0 Å². The molecule has 4 rings (SSSR count). The van der Waals surface area contributed by atoms with E-state index in [1.165, 1.54) is 17.8 Å². The number of aromatic nitrogens is 3. The second-order valence-electron chi connectivity index (χ2n) is 7.67. The number of amides is 1. The zero-order valence-corrected chi connectivity index (χ0v) is 18.9. The number of nitrogens with one attached hydrogen (secondary N) is 1. The molecular weight excluding hydrogens is 429 g/mol. The number of carbonyl (C=O) groups excluding carboxylic acids is 1. The van der Waals surface area contributed by atoms with Gasteiger partial charge >= 0.3 is 0 Å².